The van der Waals surface area contributed by atoms with Gasteiger partial charge in [0.05, 0.1) is 10.9 Å². The molecule has 4 rings (SSSR count). The molecule has 1 heterocycles. The van der Waals surface area contributed by atoms with Gasteiger partial charge in [0.15, 0.2) is 21.2 Å². The lowest BCUT2D eigenvalue weighted by atomic mass is 9.81. The first-order valence-corrected chi connectivity index (χ1v) is 13.7. The first-order valence-electron chi connectivity index (χ1n) is 11.7. The number of carbonyl (C=O) groups is 3. The van der Waals surface area contributed by atoms with Gasteiger partial charge in [-0.25, -0.2) is 13.2 Å². The van der Waals surface area contributed by atoms with Crippen molar-refractivity contribution in [3.63, 3.8) is 0 Å². The summed E-state index contributed by atoms with van der Waals surface area (Å²) in [6.45, 7) is 1.68. The van der Waals surface area contributed by atoms with Crippen molar-refractivity contribution in [3.8, 4) is 0 Å². The van der Waals surface area contributed by atoms with E-state index in [1.54, 1.807) is 42.5 Å². The highest BCUT2D eigenvalue weighted by Gasteiger charge is 2.59. The fraction of sp³-hybridized carbons (Fsp3) is 0.269. The van der Waals surface area contributed by atoms with Gasteiger partial charge in [-0.2, -0.15) is 0 Å². The second-order valence-electron chi connectivity index (χ2n) is 8.96. The molecular formula is C26H27N3O6S2. The molecule has 1 aliphatic heterocycles. The normalized spacial score (nSPS) is 20.6. The highest BCUT2D eigenvalue weighted by Crippen LogP contribution is 2.34. The van der Waals surface area contributed by atoms with Gasteiger partial charge in [-0.1, -0.05) is 43.0 Å². The Morgan fingerprint density at radius 1 is 1.03 bits per heavy atom. The van der Waals surface area contributed by atoms with Crippen molar-refractivity contribution in [2.45, 2.75) is 41.5 Å². The Kier molecular flexibility index (Phi) is 7.58. The number of anilines is 2. The summed E-state index contributed by atoms with van der Waals surface area (Å²) in [6.07, 6.45) is 0.422. The molecule has 1 aliphatic rings. The molecule has 9 nitrogen and oxygen atoms in total. The minimum Gasteiger partial charge on any atom is -0.479 e. The molecule has 3 atom stereocenters. The predicted molar refractivity (Wildman–Crippen MR) is 145 cm³/mol. The van der Waals surface area contributed by atoms with Crippen LogP contribution in [0.1, 0.15) is 19.8 Å². The number of thiol groups is 1. The van der Waals surface area contributed by atoms with E-state index in [4.69, 9.17) is 0 Å². The zero-order chi connectivity index (χ0) is 26.8. The Bertz CT molecular complexity index is 1460. The van der Waals surface area contributed by atoms with Gasteiger partial charge in [0.25, 0.3) is 5.24 Å². The van der Waals surface area contributed by atoms with Gasteiger partial charge in [-0.3, -0.25) is 14.9 Å². The third-order valence-electron chi connectivity index (χ3n) is 6.59. The fourth-order valence-electron chi connectivity index (χ4n) is 4.79. The number of carboxylic acids is 1. The molecule has 1 fully saturated rings. The van der Waals surface area contributed by atoms with Crippen molar-refractivity contribution >= 4 is 61.6 Å². The van der Waals surface area contributed by atoms with Gasteiger partial charge < -0.3 is 15.7 Å². The topological polar surface area (TPSA) is 142 Å². The third kappa shape index (κ3) is 5.20. The van der Waals surface area contributed by atoms with Gasteiger partial charge in [0, 0.05) is 11.4 Å². The minimum atomic E-state index is -4.21. The van der Waals surface area contributed by atoms with Crippen molar-refractivity contribution < 1.29 is 27.9 Å². The van der Waals surface area contributed by atoms with Crippen LogP contribution < -0.4 is 16.0 Å². The first-order chi connectivity index (χ1) is 17.6. The van der Waals surface area contributed by atoms with E-state index >= 15 is 0 Å². The standard InChI is InChI=1S/C26H27N3O6S2/c1-16(28-19-9-11-20(12-10-19)29-25(33)36)23(30)26(24(31)32)22(7-4-14-27-26)37(34,35)21-13-8-17-5-2-3-6-18(17)15-21/h2-3,5-6,8-13,15-16,22,27-28H,4,7,14H2,1H3,(H,31,32)(H2,29,33,36)/t16-,22?,26?/m0/s1. The number of amides is 1. The average molecular weight is 542 g/mol. The summed E-state index contributed by atoms with van der Waals surface area (Å²) in [5.41, 5.74) is -1.36. The number of carbonyl (C=O) groups excluding carboxylic acids is 2. The molecular weight excluding hydrogens is 514 g/mol. The van der Waals surface area contributed by atoms with E-state index < -0.39 is 43.7 Å². The van der Waals surface area contributed by atoms with Crippen molar-refractivity contribution in [2.24, 2.45) is 0 Å². The van der Waals surface area contributed by atoms with Crippen molar-refractivity contribution in [1.29, 1.82) is 0 Å². The lowest BCUT2D eigenvalue weighted by molar-refractivity contribution is -0.151. The molecule has 1 saturated heterocycles. The number of fused-ring (bicyclic) bond motifs is 1. The van der Waals surface area contributed by atoms with E-state index in [1.165, 1.54) is 19.1 Å². The van der Waals surface area contributed by atoms with Crippen molar-refractivity contribution in [3.05, 3.63) is 66.7 Å². The van der Waals surface area contributed by atoms with Crippen LogP contribution in [0.2, 0.25) is 0 Å². The van der Waals surface area contributed by atoms with Gasteiger partial charge in [0.2, 0.25) is 0 Å². The lowest BCUT2D eigenvalue weighted by Crippen LogP contribution is -2.71. The smallest absolute Gasteiger partial charge is 0.333 e. The monoisotopic (exact) mass is 541 g/mol. The van der Waals surface area contributed by atoms with Crippen LogP contribution in [0.5, 0.6) is 0 Å². The molecule has 194 valence electrons. The van der Waals surface area contributed by atoms with Crippen molar-refractivity contribution in [2.75, 3.05) is 17.2 Å². The quantitative estimate of drug-likeness (QED) is 0.215. The second-order valence-corrected chi connectivity index (χ2v) is 11.5. The Morgan fingerprint density at radius 3 is 2.32 bits per heavy atom. The number of ketones is 1. The van der Waals surface area contributed by atoms with Gasteiger partial charge in [-0.15, -0.1) is 0 Å². The summed E-state index contributed by atoms with van der Waals surface area (Å²) >= 11 is 3.66. The predicted octanol–water partition coefficient (Wildman–Crippen LogP) is 3.72. The number of piperidine rings is 1. The van der Waals surface area contributed by atoms with Crippen LogP contribution in [-0.2, 0) is 19.4 Å². The molecule has 11 heteroatoms. The largest absolute Gasteiger partial charge is 0.479 e. The van der Waals surface area contributed by atoms with Crippen LogP contribution in [0.15, 0.2) is 71.6 Å². The maximum Gasteiger partial charge on any atom is 0.333 e. The number of rotatable bonds is 8. The molecule has 0 aromatic heterocycles. The highest BCUT2D eigenvalue weighted by atomic mass is 32.2. The highest BCUT2D eigenvalue weighted by molar-refractivity contribution is 7.96. The number of carboxylic acid groups (broad SMARTS) is 1. The number of aliphatic carboxylic acids is 1. The van der Waals surface area contributed by atoms with Gasteiger partial charge >= 0.3 is 5.97 Å². The minimum absolute atomic E-state index is 0.0189. The molecule has 37 heavy (non-hydrogen) atoms. The van der Waals surface area contributed by atoms with Crippen LogP contribution in [0, 0.1) is 0 Å². The number of sulfone groups is 1. The molecule has 0 aliphatic carbocycles. The van der Waals surface area contributed by atoms with Crippen LogP contribution in [0.3, 0.4) is 0 Å². The number of hydrogen-bond acceptors (Lipinski definition) is 7. The molecule has 0 spiro atoms. The fourth-order valence-corrected chi connectivity index (χ4v) is 7.04. The van der Waals surface area contributed by atoms with E-state index in [0.29, 0.717) is 23.2 Å². The van der Waals surface area contributed by atoms with E-state index in [2.05, 4.69) is 28.6 Å². The summed E-state index contributed by atoms with van der Waals surface area (Å²) in [7, 11) is -4.21. The second kappa shape index (κ2) is 10.5. The number of hydrogen-bond donors (Lipinski definition) is 5. The molecule has 0 bridgehead atoms. The van der Waals surface area contributed by atoms with Gasteiger partial charge in [0.1, 0.15) is 5.25 Å². The van der Waals surface area contributed by atoms with Crippen LogP contribution in [0.4, 0.5) is 16.2 Å². The first kappa shape index (κ1) is 26.6. The number of Topliss-reactive ketones (excluding diaryl/α,β-unsaturated/α-hetero) is 1. The molecule has 3 aromatic carbocycles. The van der Waals surface area contributed by atoms with Crippen LogP contribution >= 0.6 is 12.6 Å². The SMILES string of the molecule is C[C@H](Nc1ccc(NC(=O)S)cc1)C(=O)C1(C(=O)O)NCCCC1S(=O)(=O)c1ccc2ccccc2c1. The summed E-state index contributed by atoms with van der Waals surface area (Å²) in [5.74, 6) is -2.33. The maximum absolute atomic E-state index is 13.8. The maximum atomic E-state index is 13.8. The molecule has 0 saturated carbocycles. The summed E-state index contributed by atoms with van der Waals surface area (Å²) in [4.78, 5) is 37.5. The molecule has 2 unspecified atom stereocenters. The zero-order valence-corrected chi connectivity index (χ0v) is 21.7. The van der Waals surface area contributed by atoms with Gasteiger partial charge in [-0.05, 0) is 73.5 Å². The Balaban J connectivity index is 1.67. The summed E-state index contributed by atoms with van der Waals surface area (Å²) in [6, 6.07) is 17.3. The van der Waals surface area contributed by atoms with Crippen molar-refractivity contribution in [1.82, 2.24) is 5.32 Å². The molecule has 3 aromatic rings. The number of nitrogens with one attached hydrogen (secondary N) is 3. The molecule has 0 radical (unpaired) electrons. The Morgan fingerprint density at radius 2 is 1.68 bits per heavy atom. The molecule has 1 amide bonds. The third-order valence-corrected chi connectivity index (χ3v) is 8.95. The van der Waals surface area contributed by atoms with E-state index in [1.807, 2.05) is 12.1 Å². The average Bonchev–Trinajstić information content (AvgIpc) is 2.88. The Hall–Kier alpha value is -3.41. The van der Waals surface area contributed by atoms with E-state index in [0.717, 1.165) is 5.39 Å². The van der Waals surface area contributed by atoms with E-state index in [-0.39, 0.29) is 17.9 Å². The van der Waals surface area contributed by atoms with Crippen LogP contribution in [0.25, 0.3) is 10.8 Å². The van der Waals surface area contributed by atoms with Crippen LogP contribution in [-0.4, -0.2) is 53.9 Å². The molecule has 4 N–H and O–H groups in total. The number of benzene rings is 3. The lowest BCUT2D eigenvalue weighted by Gasteiger charge is -2.41. The summed E-state index contributed by atoms with van der Waals surface area (Å²) in [5, 5.41) is 18.1. The summed E-state index contributed by atoms with van der Waals surface area (Å²) < 4.78 is 27.7. The van der Waals surface area contributed by atoms with E-state index in [9.17, 15) is 27.9 Å². The zero-order valence-electron chi connectivity index (χ0n) is 20.0. The Labute approximate surface area is 220 Å².